The van der Waals surface area contributed by atoms with Crippen LogP contribution in [-0.4, -0.2) is 23.4 Å². The van der Waals surface area contributed by atoms with Crippen molar-refractivity contribution in [3.63, 3.8) is 0 Å². The van der Waals surface area contributed by atoms with Gasteiger partial charge in [-0.05, 0) is 6.42 Å². The highest BCUT2D eigenvalue weighted by atomic mass is 35.5. The number of nitrogens with zero attached hydrogens (tertiary/aromatic N) is 2. The van der Waals surface area contributed by atoms with E-state index >= 15 is 0 Å². The number of halogens is 1. The summed E-state index contributed by atoms with van der Waals surface area (Å²) < 4.78 is 16.3. The van der Waals surface area contributed by atoms with Crippen LogP contribution in [0.25, 0.3) is 11.4 Å². The van der Waals surface area contributed by atoms with Crippen LogP contribution in [0.1, 0.15) is 18.4 Å². The third kappa shape index (κ3) is 2.10. The molecule has 1 aliphatic heterocycles. The molecule has 0 atom stereocenters. The molecule has 106 valence electrons. The Morgan fingerprint density at radius 3 is 2.85 bits per heavy atom. The van der Waals surface area contributed by atoms with Crippen molar-refractivity contribution in [1.29, 1.82) is 0 Å². The molecule has 1 aromatic heterocycles. The Kier molecular flexibility index (Phi) is 3.50. The highest BCUT2D eigenvalue weighted by Crippen LogP contribution is 2.43. The predicted octanol–water partition coefficient (Wildman–Crippen LogP) is 2.18. The predicted molar refractivity (Wildman–Crippen MR) is 73.0 cm³/mol. The summed E-state index contributed by atoms with van der Waals surface area (Å²) in [5.74, 6) is 2.15. The second kappa shape index (κ2) is 5.30. The first-order chi connectivity index (χ1) is 9.74. The molecule has 0 amide bonds. The minimum atomic E-state index is 0.191. The van der Waals surface area contributed by atoms with Gasteiger partial charge in [-0.2, -0.15) is 4.98 Å². The van der Waals surface area contributed by atoms with Crippen LogP contribution in [0.5, 0.6) is 11.5 Å². The lowest BCUT2D eigenvalue weighted by Gasteiger charge is -2.22. The van der Waals surface area contributed by atoms with Crippen molar-refractivity contribution in [2.45, 2.75) is 19.9 Å². The van der Waals surface area contributed by atoms with E-state index < -0.39 is 0 Å². The zero-order valence-corrected chi connectivity index (χ0v) is 11.7. The molecule has 3 rings (SSSR count). The maximum absolute atomic E-state index is 6.34. The van der Waals surface area contributed by atoms with Gasteiger partial charge in [0.15, 0.2) is 11.5 Å². The first-order valence-electron chi connectivity index (χ1n) is 6.38. The van der Waals surface area contributed by atoms with E-state index in [-0.39, 0.29) is 6.54 Å². The Balaban J connectivity index is 2.18. The van der Waals surface area contributed by atoms with Crippen LogP contribution in [0, 0.1) is 0 Å². The third-order valence-corrected chi connectivity index (χ3v) is 3.40. The Hall–Kier alpha value is -1.79. The fraction of sp³-hybridized carbons (Fsp3) is 0.385. The molecule has 0 radical (unpaired) electrons. The summed E-state index contributed by atoms with van der Waals surface area (Å²) in [6.07, 6.45) is 0.716. The molecule has 0 unspecified atom stereocenters. The molecule has 0 saturated heterocycles. The first kappa shape index (κ1) is 13.2. The average molecular weight is 296 g/mol. The molecule has 2 heterocycles. The summed E-state index contributed by atoms with van der Waals surface area (Å²) in [6, 6.07) is 1.73. The van der Waals surface area contributed by atoms with Crippen LogP contribution in [-0.2, 0) is 13.0 Å². The molecular formula is C13H14ClN3O3. The zero-order chi connectivity index (χ0) is 14.1. The van der Waals surface area contributed by atoms with Gasteiger partial charge in [-0.1, -0.05) is 23.7 Å². The molecule has 0 bridgehead atoms. The third-order valence-electron chi connectivity index (χ3n) is 3.10. The van der Waals surface area contributed by atoms with Crippen LogP contribution >= 0.6 is 11.6 Å². The number of hydrogen-bond donors (Lipinski definition) is 1. The van der Waals surface area contributed by atoms with Gasteiger partial charge in [0.1, 0.15) is 13.2 Å². The van der Waals surface area contributed by atoms with Crippen LogP contribution in [0.2, 0.25) is 5.02 Å². The molecule has 1 aromatic carbocycles. The molecule has 6 nitrogen and oxygen atoms in total. The highest BCUT2D eigenvalue weighted by Gasteiger charge is 2.24. The lowest BCUT2D eigenvalue weighted by atomic mass is 10.0. The molecule has 0 spiro atoms. The Bertz CT molecular complexity index is 642. The van der Waals surface area contributed by atoms with Crippen molar-refractivity contribution in [3.8, 4) is 22.9 Å². The normalized spacial score (nSPS) is 13.6. The fourth-order valence-electron chi connectivity index (χ4n) is 2.24. The first-order valence-corrected chi connectivity index (χ1v) is 6.76. The fourth-order valence-corrected chi connectivity index (χ4v) is 2.54. The molecule has 0 fully saturated rings. The van der Waals surface area contributed by atoms with Gasteiger partial charge in [-0.15, -0.1) is 0 Å². The molecule has 20 heavy (non-hydrogen) atoms. The van der Waals surface area contributed by atoms with E-state index in [1.165, 1.54) is 0 Å². The van der Waals surface area contributed by atoms with E-state index in [0.717, 1.165) is 5.56 Å². The molecule has 0 aliphatic carbocycles. The Morgan fingerprint density at radius 2 is 2.15 bits per heavy atom. The quantitative estimate of drug-likeness (QED) is 0.934. The van der Waals surface area contributed by atoms with Crippen molar-refractivity contribution < 1.29 is 14.0 Å². The minimum absolute atomic E-state index is 0.191. The SMILES string of the molecule is CCc1c2c(cc(Cl)c1-c1noc(CN)n1)OCCO2. The van der Waals surface area contributed by atoms with E-state index in [4.69, 9.17) is 31.3 Å². The van der Waals surface area contributed by atoms with Crippen LogP contribution < -0.4 is 15.2 Å². The Morgan fingerprint density at radius 1 is 1.35 bits per heavy atom. The van der Waals surface area contributed by atoms with Gasteiger partial charge in [-0.3, -0.25) is 0 Å². The number of ether oxygens (including phenoxy) is 2. The molecule has 1 aliphatic rings. The number of benzene rings is 1. The summed E-state index contributed by atoms with van der Waals surface area (Å²) in [6.45, 7) is 3.24. The number of rotatable bonds is 3. The minimum Gasteiger partial charge on any atom is -0.486 e. The van der Waals surface area contributed by atoms with E-state index in [2.05, 4.69) is 10.1 Å². The summed E-state index contributed by atoms with van der Waals surface area (Å²) >= 11 is 6.34. The number of nitrogens with two attached hydrogens (primary N) is 1. The second-order valence-electron chi connectivity index (χ2n) is 4.31. The van der Waals surface area contributed by atoms with Gasteiger partial charge >= 0.3 is 0 Å². The molecule has 0 saturated carbocycles. The van der Waals surface area contributed by atoms with Gasteiger partial charge in [0.05, 0.1) is 11.6 Å². The van der Waals surface area contributed by atoms with E-state index in [1.54, 1.807) is 6.07 Å². The average Bonchev–Trinajstić information content (AvgIpc) is 2.94. The molecule has 2 N–H and O–H groups in total. The Labute approximate surface area is 120 Å². The maximum atomic E-state index is 6.34. The second-order valence-corrected chi connectivity index (χ2v) is 4.71. The zero-order valence-electron chi connectivity index (χ0n) is 11.0. The summed E-state index contributed by atoms with van der Waals surface area (Å²) in [5.41, 5.74) is 7.11. The van der Waals surface area contributed by atoms with Crippen molar-refractivity contribution in [2.75, 3.05) is 13.2 Å². The maximum Gasteiger partial charge on any atom is 0.240 e. The van der Waals surface area contributed by atoms with Gasteiger partial charge in [0.2, 0.25) is 11.7 Å². The van der Waals surface area contributed by atoms with E-state index in [9.17, 15) is 0 Å². The standard InChI is InChI=1S/C13H14ClN3O3/c1-2-7-11(13-16-10(6-15)20-17-13)8(14)5-9-12(7)19-4-3-18-9/h5H,2-4,6,15H2,1H3. The van der Waals surface area contributed by atoms with Crippen LogP contribution in [0.15, 0.2) is 10.6 Å². The summed E-state index contributed by atoms with van der Waals surface area (Å²) in [4.78, 5) is 4.23. The number of hydrogen-bond acceptors (Lipinski definition) is 6. The topological polar surface area (TPSA) is 83.4 Å². The number of aromatic nitrogens is 2. The molecule has 2 aromatic rings. The van der Waals surface area contributed by atoms with E-state index in [0.29, 0.717) is 53.4 Å². The van der Waals surface area contributed by atoms with Gasteiger partial charge in [0, 0.05) is 17.2 Å². The van der Waals surface area contributed by atoms with Gasteiger partial charge < -0.3 is 19.7 Å². The van der Waals surface area contributed by atoms with E-state index in [1.807, 2.05) is 6.92 Å². The summed E-state index contributed by atoms with van der Waals surface area (Å²) in [7, 11) is 0. The largest absolute Gasteiger partial charge is 0.486 e. The lowest BCUT2D eigenvalue weighted by Crippen LogP contribution is -2.17. The van der Waals surface area contributed by atoms with Crippen LogP contribution in [0.3, 0.4) is 0 Å². The van der Waals surface area contributed by atoms with Crippen molar-refractivity contribution in [3.05, 3.63) is 22.5 Å². The van der Waals surface area contributed by atoms with Crippen molar-refractivity contribution in [2.24, 2.45) is 5.73 Å². The molecular weight excluding hydrogens is 282 g/mol. The highest BCUT2D eigenvalue weighted by molar-refractivity contribution is 6.33. The van der Waals surface area contributed by atoms with Gasteiger partial charge in [0.25, 0.3) is 0 Å². The van der Waals surface area contributed by atoms with Gasteiger partial charge in [-0.25, -0.2) is 0 Å². The van der Waals surface area contributed by atoms with Crippen molar-refractivity contribution in [1.82, 2.24) is 10.1 Å². The monoisotopic (exact) mass is 295 g/mol. The smallest absolute Gasteiger partial charge is 0.240 e. The molecule has 7 heteroatoms. The lowest BCUT2D eigenvalue weighted by molar-refractivity contribution is 0.170. The number of fused-ring (bicyclic) bond motifs is 1. The van der Waals surface area contributed by atoms with Crippen LogP contribution in [0.4, 0.5) is 0 Å². The summed E-state index contributed by atoms with van der Waals surface area (Å²) in [5, 5.41) is 4.44. The van der Waals surface area contributed by atoms with Crippen molar-refractivity contribution >= 4 is 11.6 Å².